The summed E-state index contributed by atoms with van der Waals surface area (Å²) in [5.74, 6) is 1.19. The van der Waals surface area contributed by atoms with Crippen LogP contribution in [0.4, 0.5) is 11.6 Å². The van der Waals surface area contributed by atoms with Gasteiger partial charge in [-0.15, -0.1) is 5.10 Å². The van der Waals surface area contributed by atoms with E-state index in [1.807, 2.05) is 66.9 Å². The molecule has 3 heterocycles. The Balaban J connectivity index is 1.21. The molecule has 5 rings (SSSR count). The van der Waals surface area contributed by atoms with Crippen molar-refractivity contribution in [3.63, 3.8) is 0 Å². The number of amides is 1. The van der Waals surface area contributed by atoms with Gasteiger partial charge in [0.1, 0.15) is 5.75 Å². The molecule has 1 aliphatic rings. The number of aromatic nitrogens is 3. The molecule has 1 aliphatic heterocycles. The van der Waals surface area contributed by atoms with Crippen molar-refractivity contribution in [2.24, 2.45) is 0 Å². The van der Waals surface area contributed by atoms with E-state index in [9.17, 15) is 4.79 Å². The summed E-state index contributed by atoms with van der Waals surface area (Å²) in [5.41, 5.74) is 4.09. The van der Waals surface area contributed by atoms with Gasteiger partial charge >= 0.3 is 0 Å². The smallest absolute Gasteiger partial charge is 0.251 e. The highest BCUT2D eigenvalue weighted by molar-refractivity contribution is 5.95. The third kappa shape index (κ3) is 6.07. The molecule has 0 saturated carbocycles. The number of hydrogen-bond acceptors (Lipinski definition) is 7. The highest BCUT2D eigenvalue weighted by atomic mass is 16.5. The van der Waals surface area contributed by atoms with Gasteiger partial charge in [0.2, 0.25) is 5.95 Å². The molecule has 4 aromatic rings. The number of pyridine rings is 1. The third-order valence-corrected chi connectivity index (χ3v) is 6.68. The van der Waals surface area contributed by atoms with Crippen LogP contribution in [0.1, 0.15) is 16.8 Å². The van der Waals surface area contributed by atoms with Crippen LogP contribution >= 0.6 is 0 Å². The second-order valence-electron chi connectivity index (χ2n) is 9.31. The number of benzene rings is 2. The average molecular weight is 500 g/mol. The van der Waals surface area contributed by atoms with Crippen molar-refractivity contribution in [1.29, 1.82) is 0 Å². The molecule has 0 radical (unpaired) electrons. The lowest BCUT2D eigenvalue weighted by atomic mass is 10.1. The van der Waals surface area contributed by atoms with Crippen LogP contribution in [0.2, 0.25) is 0 Å². The van der Waals surface area contributed by atoms with Crippen LogP contribution in [-0.2, 0) is 0 Å². The molecule has 0 bridgehead atoms. The maximum Gasteiger partial charge on any atom is 0.251 e. The van der Waals surface area contributed by atoms with E-state index in [-0.39, 0.29) is 5.91 Å². The predicted molar refractivity (Wildman–Crippen MR) is 146 cm³/mol. The Bertz CT molecular complexity index is 1340. The van der Waals surface area contributed by atoms with Gasteiger partial charge in [0.25, 0.3) is 5.91 Å². The van der Waals surface area contributed by atoms with Crippen molar-refractivity contribution in [3.8, 4) is 16.9 Å². The first-order valence-corrected chi connectivity index (χ1v) is 12.6. The molecule has 0 spiro atoms. The number of nitrogens with zero attached hydrogens (tertiary/aromatic N) is 5. The number of hydrogen-bond donors (Lipinski definition) is 2. The van der Waals surface area contributed by atoms with Crippen molar-refractivity contribution >= 4 is 23.2 Å². The number of fused-ring (bicyclic) bond motifs is 1. The normalized spacial score (nSPS) is 14.5. The van der Waals surface area contributed by atoms with Gasteiger partial charge in [-0.25, -0.2) is 4.52 Å². The lowest BCUT2D eigenvalue weighted by Crippen LogP contribution is -2.45. The second-order valence-corrected chi connectivity index (χ2v) is 9.31. The SMILES string of the molecule is COc1ccc(-c2cccn3nc(Nc4cccc(C(=O)NCCCN5CCN(C)CC5)c4)nc23)cc1. The first kappa shape index (κ1) is 24.7. The lowest BCUT2D eigenvalue weighted by Gasteiger charge is -2.32. The van der Waals surface area contributed by atoms with Crippen molar-refractivity contribution in [2.45, 2.75) is 6.42 Å². The number of nitrogens with one attached hydrogen (secondary N) is 2. The monoisotopic (exact) mass is 499 g/mol. The van der Waals surface area contributed by atoms with Crippen LogP contribution in [0.3, 0.4) is 0 Å². The molecule has 9 nitrogen and oxygen atoms in total. The summed E-state index contributed by atoms with van der Waals surface area (Å²) in [5, 5.41) is 10.9. The Morgan fingerprint density at radius 3 is 2.62 bits per heavy atom. The Morgan fingerprint density at radius 2 is 1.84 bits per heavy atom. The zero-order chi connectivity index (χ0) is 25.6. The molecule has 2 aromatic carbocycles. The standard InChI is InChI=1S/C28H33N7O2/c1-33-16-18-34(19-17-33)14-5-13-29-27(36)22-6-3-7-23(20-22)30-28-31-26-25(8-4-15-35(26)32-28)21-9-11-24(37-2)12-10-21/h3-4,6-12,15,20H,5,13-14,16-19H2,1-2H3,(H,29,36)(H,30,32). The maximum absolute atomic E-state index is 12.7. The van der Waals surface area contributed by atoms with Gasteiger partial charge < -0.3 is 25.2 Å². The first-order chi connectivity index (χ1) is 18.1. The second kappa shape index (κ2) is 11.4. The molecule has 0 unspecified atom stereocenters. The summed E-state index contributed by atoms with van der Waals surface area (Å²) in [6.45, 7) is 6.07. The Kier molecular flexibility index (Phi) is 7.62. The highest BCUT2D eigenvalue weighted by Crippen LogP contribution is 2.27. The number of piperazine rings is 1. The summed E-state index contributed by atoms with van der Waals surface area (Å²) in [6.07, 6.45) is 2.81. The van der Waals surface area contributed by atoms with Crippen LogP contribution < -0.4 is 15.4 Å². The fourth-order valence-corrected chi connectivity index (χ4v) is 4.50. The van der Waals surface area contributed by atoms with Crippen LogP contribution in [0.25, 0.3) is 16.8 Å². The molecular weight excluding hydrogens is 466 g/mol. The molecule has 1 fully saturated rings. The Labute approximate surface area is 217 Å². The van der Waals surface area contributed by atoms with E-state index >= 15 is 0 Å². The zero-order valence-corrected chi connectivity index (χ0v) is 21.4. The number of rotatable bonds is 9. The molecule has 2 aromatic heterocycles. The van der Waals surface area contributed by atoms with E-state index in [2.05, 4.69) is 32.6 Å². The summed E-state index contributed by atoms with van der Waals surface area (Å²) in [7, 11) is 3.81. The number of carbonyl (C=O) groups is 1. The van der Waals surface area contributed by atoms with Crippen LogP contribution in [0.5, 0.6) is 5.75 Å². The van der Waals surface area contributed by atoms with Gasteiger partial charge in [-0.1, -0.05) is 18.2 Å². The number of anilines is 2. The minimum Gasteiger partial charge on any atom is -0.497 e. The van der Waals surface area contributed by atoms with Crippen LogP contribution in [0.15, 0.2) is 66.9 Å². The molecule has 0 atom stereocenters. The molecule has 9 heteroatoms. The first-order valence-electron chi connectivity index (χ1n) is 12.6. The summed E-state index contributed by atoms with van der Waals surface area (Å²) < 4.78 is 7.02. The van der Waals surface area contributed by atoms with Crippen molar-refractivity contribution < 1.29 is 9.53 Å². The summed E-state index contributed by atoms with van der Waals surface area (Å²) in [6, 6.07) is 19.2. The summed E-state index contributed by atoms with van der Waals surface area (Å²) >= 11 is 0. The van der Waals surface area contributed by atoms with E-state index in [0.717, 1.165) is 67.4 Å². The Hall–Kier alpha value is -3.95. The molecule has 1 amide bonds. The zero-order valence-electron chi connectivity index (χ0n) is 21.4. The number of ether oxygens (including phenoxy) is 1. The predicted octanol–water partition coefficient (Wildman–Crippen LogP) is 3.52. The number of carbonyl (C=O) groups excluding carboxylic acids is 1. The van der Waals surface area contributed by atoms with E-state index in [1.165, 1.54) is 0 Å². The number of methoxy groups -OCH3 is 1. The van der Waals surface area contributed by atoms with Crippen molar-refractivity contribution in [1.82, 2.24) is 29.7 Å². The topological polar surface area (TPSA) is 87.0 Å². The molecular formula is C28H33N7O2. The minimum absolute atomic E-state index is 0.0771. The van der Waals surface area contributed by atoms with E-state index in [4.69, 9.17) is 9.72 Å². The fourth-order valence-electron chi connectivity index (χ4n) is 4.50. The van der Waals surface area contributed by atoms with Gasteiger partial charge in [-0.3, -0.25) is 4.79 Å². The van der Waals surface area contributed by atoms with Gasteiger partial charge in [0, 0.05) is 55.7 Å². The molecule has 0 aliphatic carbocycles. The maximum atomic E-state index is 12.7. The van der Waals surface area contributed by atoms with E-state index in [0.29, 0.717) is 18.1 Å². The van der Waals surface area contributed by atoms with Crippen LogP contribution in [-0.4, -0.2) is 83.7 Å². The van der Waals surface area contributed by atoms with Gasteiger partial charge in [-0.2, -0.15) is 4.98 Å². The van der Waals surface area contributed by atoms with E-state index in [1.54, 1.807) is 11.6 Å². The Morgan fingerprint density at radius 1 is 1.03 bits per heavy atom. The largest absolute Gasteiger partial charge is 0.497 e. The molecule has 192 valence electrons. The van der Waals surface area contributed by atoms with E-state index < -0.39 is 0 Å². The van der Waals surface area contributed by atoms with Gasteiger partial charge in [-0.05, 0) is 68.0 Å². The average Bonchev–Trinajstić information content (AvgIpc) is 3.34. The third-order valence-electron chi connectivity index (χ3n) is 6.68. The molecule has 1 saturated heterocycles. The van der Waals surface area contributed by atoms with Gasteiger partial charge in [0.05, 0.1) is 7.11 Å². The van der Waals surface area contributed by atoms with Gasteiger partial charge in [0.15, 0.2) is 5.65 Å². The van der Waals surface area contributed by atoms with Crippen molar-refractivity contribution in [3.05, 3.63) is 72.4 Å². The highest BCUT2D eigenvalue weighted by Gasteiger charge is 2.14. The quantitative estimate of drug-likeness (QED) is 0.341. The van der Waals surface area contributed by atoms with Crippen molar-refractivity contribution in [2.75, 3.05) is 58.7 Å². The fraction of sp³-hybridized carbons (Fsp3) is 0.321. The molecule has 37 heavy (non-hydrogen) atoms. The lowest BCUT2D eigenvalue weighted by molar-refractivity contribution is 0.0949. The number of likely N-dealkylation sites (N-methyl/N-ethyl adjacent to an activating group) is 1. The van der Waals surface area contributed by atoms with Crippen LogP contribution in [0, 0.1) is 0 Å². The molecule has 2 N–H and O–H groups in total. The summed E-state index contributed by atoms with van der Waals surface area (Å²) in [4.78, 5) is 22.2. The minimum atomic E-state index is -0.0771.